The fourth-order valence-corrected chi connectivity index (χ4v) is 0.856. The van der Waals surface area contributed by atoms with Gasteiger partial charge in [0.05, 0.1) is 0 Å². The van der Waals surface area contributed by atoms with Crippen molar-refractivity contribution in [3.63, 3.8) is 0 Å². The van der Waals surface area contributed by atoms with Gasteiger partial charge in [-0.2, -0.15) is 0 Å². The molecular weight excluding hydrogens is 134 g/mol. The molecule has 0 atom stereocenters. The van der Waals surface area contributed by atoms with E-state index in [0.717, 1.165) is 0 Å². The zero-order valence-corrected chi connectivity index (χ0v) is 7.41. The van der Waals surface area contributed by atoms with Gasteiger partial charge in [0.1, 0.15) is 0 Å². The van der Waals surface area contributed by atoms with Crippen LogP contribution in [-0.4, -0.2) is 24.5 Å². The van der Waals surface area contributed by atoms with E-state index in [0.29, 0.717) is 0 Å². The van der Waals surface area contributed by atoms with Crippen LogP contribution in [0.1, 0.15) is 27.2 Å². The van der Waals surface area contributed by atoms with Gasteiger partial charge in [0.2, 0.25) is 0 Å². The summed E-state index contributed by atoms with van der Waals surface area (Å²) < 4.78 is 0. The van der Waals surface area contributed by atoms with Crippen LogP contribution in [0.2, 0.25) is 0 Å². The molecule has 0 aliphatic heterocycles. The summed E-state index contributed by atoms with van der Waals surface area (Å²) in [5.41, 5.74) is 0. The Morgan fingerprint density at radius 2 is 1.44 bits per heavy atom. The van der Waals surface area contributed by atoms with E-state index in [1.54, 1.807) is 0 Å². The lowest BCUT2D eigenvalue weighted by Crippen LogP contribution is -3.00. The van der Waals surface area contributed by atoms with Crippen LogP contribution in [0.4, 0.5) is 0 Å². The van der Waals surface area contributed by atoms with E-state index < -0.39 is 0 Å². The Kier molecular flexibility index (Phi) is 11.0. The van der Waals surface area contributed by atoms with Crippen LogP contribution in [0.5, 0.6) is 0 Å². The standard InChI is InChI=1S/C7H17N.ClH/c1-4-7-8(5-2)6-3;/h4-7H2,1-3H3;1H/p-1. The first-order valence-electron chi connectivity index (χ1n) is 3.57. The minimum atomic E-state index is 0. The Morgan fingerprint density at radius 1 is 1.00 bits per heavy atom. The van der Waals surface area contributed by atoms with E-state index in [4.69, 9.17) is 0 Å². The molecule has 58 valence electrons. The average molecular weight is 151 g/mol. The number of halogens is 1. The molecule has 0 aliphatic carbocycles. The highest BCUT2D eigenvalue weighted by Crippen LogP contribution is 1.87. The van der Waals surface area contributed by atoms with Crippen LogP contribution in [0.15, 0.2) is 0 Å². The maximum Gasteiger partial charge on any atom is -0.00216 e. The summed E-state index contributed by atoms with van der Waals surface area (Å²) >= 11 is 0. The fourth-order valence-electron chi connectivity index (χ4n) is 0.856. The first-order chi connectivity index (χ1) is 3.85. The molecule has 0 spiro atoms. The summed E-state index contributed by atoms with van der Waals surface area (Å²) in [7, 11) is 0. The normalized spacial score (nSPS) is 9.33. The molecule has 0 radical (unpaired) electrons. The molecule has 0 amide bonds. The first-order valence-corrected chi connectivity index (χ1v) is 3.57. The van der Waals surface area contributed by atoms with Crippen LogP contribution >= 0.6 is 0 Å². The van der Waals surface area contributed by atoms with Gasteiger partial charge in [-0.15, -0.1) is 0 Å². The van der Waals surface area contributed by atoms with Crippen molar-refractivity contribution >= 4 is 0 Å². The Morgan fingerprint density at radius 3 is 1.56 bits per heavy atom. The summed E-state index contributed by atoms with van der Waals surface area (Å²) in [5, 5.41) is 0. The summed E-state index contributed by atoms with van der Waals surface area (Å²) in [4.78, 5) is 2.43. The molecule has 1 nitrogen and oxygen atoms in total. The smallest absolute Gasteiger partial charge is 0.00216 e. The van der Waals surface area contributed by atoms with E-state index >= 15 is 0 Å². The lowest BCUT2D eigenvalue weighted by Gasteiger charge is -2.15. The molecule has 0 bridgehead atoms. The van der Waals surface area contributed by atoms with E-state index in [9.17, 15) is 0 Å². The molecule has 0 heterocycles. The maximum atomic E-state index is 2.43. The lowest BCUT2D eigenvalue weighted by atomic mass is 10.4. The van der Waals surface area contributed by atoms with Crippen molar-refractivity contribution in [1.82, 2.24) is 4.90 Å². The topological polar surface area (TPSA) is 3.24 Å². The quantitative estimate of drug-likeness (QED) is 0.484. The highest BCUT2D eigenvalue weighted by Gasteiger charge is 1.92. The highest BCUT2D eigenvalue weighted by molar-refractivity contribution is 4.47. The van der Waals surface area contributed by atoms with Gasteiger partial charge >= 0.3 is 0 Å². The monoisotopic (exact) mass is 150 g/mol. The number of hydrogen-bond donors (Lipinski definition) is 0. The third-order valence-electron chi connectivity index (χ3n) is 1.43. The van der Waals surface area contributed by atoms with E-state index in [1.165, 1.54) is 26.1 Å². The molecule has 0 aromatic rings. The minimum Gasteiger partial charge on any atom is -1.00 e. The van der Waals surface area contributed by atoms with Gasteiger partial charge in [0.25, 0.3) is 0 Å². The minimum absolute atomic E-state index is 0. The lowest BCUT2D eigenvalue weighted by molar-refractivity contribution is -0.00000195. The number of hydrogen-bond acceptors (Lipinski definition) is 1. The van der Waals surface area contributed by atoms with Gasteiger partial charge in [-0.05, 0) is 26.1 Å². The zero-order chi connectivity index (χ0) is 6.41. The van der Waals surface area contributed by atoms with Crippen molar-refractivity contribution in [1.29, 1.82) is 0 Å². The third-order valence-corrected chi connectivity index (χ3v) is 1.43. The number of nitrogens with zero attached hydrogens (tertiary/aromatic N) is 1. The van der Waals surface area contributed by atoms with E-state index in [1.807, 2.05) is 0 Å². The van der Waals surface area contributed by atoms with Gasteiger partial charge in [-0.25, -0.2) is 0 Å². The molecule has 0 unspecified atom stereocenters. The van der Waals surface area contributed by atoms with Crippen molar-refractivity contribution < 1.29 is 12.4 Å². The predicted octanol–water partition coefficient (Wildman–Crippen LogP) is -1.26. The summed E-state index contributed by atoms with van der Waals surface area (Å²) in [6, 6.07) is 0. The first kappa shape index (κ1) is 12.0. The molecule has 0 saturated carbocycles. The molecule has 0 saturated heterocycles. The highest BCUT2D eigenvalue weighted by atomic mass is 35.5. The van der Waals surface area contributed by atoms with Gasteiger partial charge in [-0.3, -0.25) is 0 Å². The Bertz CT molecular complexity index is 44.2. The fraction of sp³-hybridized carbons (Fsp3) is 1.00. The maximum absolute atomic E-state index is 2.43. The summed E-state index contributed by atoms with van der Waals surface area (Å²) in [6.07, 6.45) is 1.28. The molecule has 2 heteroatoms. The Labute approximate surface area is 64.8 Å². The molecule has 0 aliphatic rings. The largest absolute Gasteiger partial charge is 1.00 e. The summed E-state index contributed by atoms with van der Waals surface area (Å²) in [5.74, 6) is 0. The second kappa shape index (κ2) is 8.25. The van der Waals surface area contributed by atoms with Crippen molar-refractivity contribution in [2.24, 2.45) is 0 Å². The second-order valence-corrected chi connectivity index (χ2v) is 2.03. The summed E-state index contributed by atoms with van der Waals surface area (Å²) in [6.45, 7) is 10.3. The van der Waals surface area contributed by atoms with Gasteiger partial charge in [0.15, 0.2) is 0 Å². The van der Waals surface area contributed by atoms with E-state index in [-0.39, 0.29) is 12.4 Å². The van der Waals surface area contributed by atoms with Crippen molar-refractivity contribution in [3.05, 3.63) is 0 Å². The molecule has 0 fully saturated rings. The Hall–Kier alpha value is 0.250. The number of rotatable bonds is 4. The van der Waals surface area contributed by atoms with Crippen molar-refractivity contribution in [3.8, 4) is 0 Å². The van der Waals surface area contributed by atoms with E-state index in [2.05, 4.69) is 25.7 Å². The third kappa shape index (κ3) is 6.13. The average Bonchev–Trinajstić information content (AvgIpc) is 1.83. The Balaban J connectivity index is 0. The van der Waals surface area contributed by atoms with Crippen LogP contribution in [0.25, 0.3) is 0 Å². The van der Waals surface area contributed by atoms with Crippen LogP contribution in [-0.2, 0) is 0 Å². The van der Waals surface area contributed by atoms with Gasteiger partial charge in [0, 0.05) is 0 Å². The molecule has 0 aromatic heterocycles. The van der Waals surface area contributed by atoms with Crippen LogP contribution < -0.4 is 12.4 Å². The van der Waals surface area contributed by atoms with Crippen molar-refractivity contribution in [2.45, 2.75) is 27.2 Å². The molecular formula is C7H17ClN-. The predicted molar refractivity (Wildman–Crippen MR) is 38.1 cm³/mol. The molecule has 9 heavy (non-hydrogen) atoms. The van der Waals surface area contributed by atoms with Crippen LogP contribution in [0, 0.1) is 0 Å². The molecule has 0 rings (SSSR count). The SMILES string of the molecule is CCCN(CC)CC.[Cl-]. The van der Waals surface area contributed by atoms with Crippen molar-refractivity contribution in [2.75, 3.05) is 19.6 Å². The zero-order valence-electron chi connectivity index (χ0n) is 6.65. The van der Waals surface area contributed by atoms with Crippen LogP contribution in [0.3, 0.4) is 0 Å². The van der Waals surface area contributed by atoms with Gasteiger partial charge < -0.3 is 17.3 Å². The molecule has 0 N–H and O–H groups in total. The van der Waals surface area contributed by atoms with Gasteiger partial charge in [-0.1, -0.05) is 20.8 Å². The molecule has 0 aromatic carbocycles. The second-order valence-electron chi connectivity index (χ2n) is 2.03.